The number of amides is 2. The quantitative estimate of drug-likeness (QED) is 0.535. The Morgan fingerprint density at radius 2 is 1.90 bits per heavy atom. The first kappa shape index (κ1) is 23.1. The number of methoxy groups -OCH3 is 1. The highest BCUT2D eigenvalue weighted by molar-refractivity contribution is 6.04. The largest absolute Gasteiger partial charge is 0.464 e. The van der Waals surface area contributed by atoms with Crippen LogP contribution in [0.2, 0.25) is 0 Å². The molecule has 0 fully saturated rings. The molecule has 30 heavy (non-hydrogen) atoms. The predicted octanol–water partition coefficient (Wildman–Crippen LogP) is 3.05. The van der Waals surface area contributed by atoms with Crippen molar-refractivity contribution in [1.29, 1.82) is 0 Å². The summed E-state index contributed by atoms with van der Waals surface area (Å²) in [5.74, 6) is -0.784. The number of pyridine rings is 1. The topological polar surface area (TPSA) is 104 Å². The van der Waals surface area contributed by atoms with Crippen molar-refractivity contribution in [3.05, 3.63) is 52.6 Å². The van der Waals surface area contributed by atoms with E-state index in [2.05, 4.69) is 15.3 Å². The first-order valence-corrected chi connectivity index (χ1v) is 9.81. The van der Waals surface area contributed by atoms with Gasteiger partial charge in [-0.05, 0) is 52.3 Å². The van der Waals surface area contributed by atoms with Gasteiger partial charge in [0, 0.05) is 41.7 Å². The Kier molecular flexibility index (Phi) is 7.37. The number of hydrogen-bond acceptors (Lipinski definition) is 5. The van der Waals surface area contributed by atoms with Crippen LogP contribution in [0.5, 0.6) is 0 Å². The van der Waals surface area contributed by atoms with E-state index >= 15 is 0 Å². The number of H-pyrrole nitrogens is 1. The van der Waals surface area contributed by atoms with Crippen LogP contribution in [0, 0.1) is 13.8 Å². The van der Waals surface area contributed by atoms with Crippen LogP contribution in [0.1, 0.15) is 58.6 Å². The van der Waals surface area contributed by atoms with Crippen LogP contribution in [-0.2, 0) is 11.2 Å². The third-order valence-corrected chi connectivity index (χ3v) is 4.57. The molecular weight excluding hydrogens is 384 g/mol. The highest BCUT2D eigenvalue weighted by atomic mass is 16.5. The number of esters is 1. The summed E-state index contributed by atoms with van der Waals surface area (Å²) in [5, 5.41) is 2.91. The Hall–Kier alpha value is -3.16. The van der Waals surface area contributed by atoms with Gasteiger partial charge >= 0.3 is 12.0 Å². The molecule has 0 aliphatic heterocycles. The lowest BCUT2D eigenvalue weighted by Crippen LogP contribution is -2.50. The fraction of sp³-hybridized carbons (Fsp3) is 0.455. The second kappa shape index (κ2) is 9.56. The molecule has 0 aliphatic carbocycles. The Bertz CT molecular complexity index is 913. The molecule has 0 saturated carbocycles. The number of aromatic nitrogens is 2. The summed E-state index contributed by atoms with van der Waals surface area (Å²) < 4.78 is 4.76. The van der Waals surface area contributed by atoms with Gasteiger partial charge in [0.15, 0.2) is 5.78 Å². The summed E-state index contributed by atoms with van der Waals surface area (Å²) in [7, 11) is 1.29. The monoisotopic (exact) mass is 414 g/mol. The normalized spacial score (nSPS) is 11.1. The van der Waals surface area contributed by atoms with Crippen molar-refractivity contribution in [2.24, 2.45) is 0 Å². The molecule has 2 amide bonds. The summed E-state index contributed by atoms with van der Waals surface area (Å²) >= 11 is 0. The average Bonchev–Trinajstić information content (AvgIpc) is 2.98. The number of carbonyl (C=O) groups is 3. The Labute approximate surface area is 177 Å². The number of carbonyl (C=O) groups excluding carboxylic acids is 3. The molecule has 8 nitrogen and oxygen atoms in total. The maximum absolute atomic E-state index is 13.1. The van der Waals surface area contributed by atoms with E-state index in [0.717, 1.165) is 5.69 Å². The minimum Gasteiger partial charge on any atom is -0.464 e. The molecule has 2 heterocycles. The summed E-state index contributed by atoms with van der Waals surface area (Å²) in [6.45, 7) is 9.27. The molecule has 0 saturated heterocycles. The zero-order chi connectivity index (χ0) is 22.5. The van der Waals surface area contributed by atoms with Crippen LogP contribution in [0.4, 0.5) is 4.79 Å². The molecule has 2 rings (SSSR count). The van der Waals surface area contributed by atoms with Gasteiger partial charge in [-0.15, -0.1) is 0 Å². The van der Waals surface area contributed by atoms with Crippen LogP contribution in [0.15, 0.2) is 24.4 Å². The number of rotatable bonds is 7. The molecular formula is C22H30N4O4. The molecule has 2 aromatic rings. The molecule has 8 heteroatoms. The molecule has 0 bridgehead atoms. The molecule has 0 spiro atoms. The number of Topliss-reactive ketones (excluding diaryl/α,β-unsaturated/α-hetero) is 1. The predicted molar refractivity (Wildman–Crippen MR) is 114 cm³/mol. The first-order chi connectivity index (χ1) is 14.0. The maximum Gasteiger partial charge on any atom is 0.354 e. The van der Waals surface area contributed by atoms with Crippen LogP contribution < -0.4 is 5.32 Å². The van der Waals surface area contributed by atoms with Gasteiger partial charge in [0.1, 0.15) is 5.69 Å². The molecule has 2 N–H and O–H groups in total. The third-order valence-electron chi connectivity index (χ3n) is 4.57. The fourth-order valence-corrected chi connectivity index (χ4v) is 3.17. The van der Waals surface area contributed by atoms with Crippen LogP contribution >= 0.6 is 0 Å². The van der Waals surface area contributed by atoms with Crippen molar-refractivity contribution in [2.75, 3.05) is 20.2 Å². The van der Waals surface area contributed by atoms with E-state index in [-0.39, 0.29) is 24.1 Å². The first-order valence-electron chi connectivity index (χ1n) is 9.81. The zero-order valence-corrected chi connectivity index (χ0v) is 18.5. The number of nitrogens with zero attached hydrogens (tertiary/aromatic N) is 2. The summed E-state index contributed by atoms with van der Waals surface area (Å²) in [4.78, 5) is 46.5. The smallest absolute Gasteiger partial charge is 0.354 e. The number of ketones is 1. The van der Waals surface area contributed by atoms with Crippen molar-refractivity contribution >= 4 is 17.8 Å². The molecule has 0 unspecified atom stereocenters. The van der Waals surface area contributed by atoms with Crippen LogP contribution in [0.25, 0.3) is 0 Å². The van der Waals surface area contributed by atoms with Gasteiger partial charge in [0.05, 0.1) is 13.7 Å². The maximum atomic E-state index is 13.1. The molecule has 162 valence electrons. The van der Waals surface area contributed by atoms with Crippen molar-refractivity contribution in [3.63, 3.8) is 0 Å². The van der Waals surface area contributed by atoms with Gasteiger partial charge in [-0.3, -0.25) is 9.78 Å². The lowest BCUT2D eigenvalue weighted by atomic mass is 10.0. The highest BCUT2D eigenvalue weighted by Crippen LogP contribution is 2.20. The van der Waals surface area contributed by atoms with Crippen LogP contribution in [-0.4, -0.2) is 58.4 Å². The second-order valence-corrected chi connectivity index (χ2v) is 8.21. The Balaban J connectivity index is 2.24. The van der Waals surface area contributed by atoms with Gasteiger partial charge in [-0.2, -0.15) is 0 Å². The van der Waals surface area contributed by atoms with Gasteiger partial charge in [-0.1, -0.05) is 6.07 Å². The van der Waals surface area contributed by atoms with Gasteiger partial charge < -0.3 is 19.9 Å². The SMILES string of the molecule is COC(=O)c1[nH]c(C)c(C(=O)CN(CCc2ccccn2)C(=O)NC(C)(C)C)c1C. The van der Waals surface area contributed by atoms with Crippen molar-refractivity contribution in [1.82, 2.24) is 20.2 Å². The fourth-order valence-electron chi connectivity index (χ4n) is 3.17. The van der Waals surface area contributed by atoms with Crippen molar-refractivity contribution in [2.45, 2.75) is 46.6 Å². The molecule has 0 atom stereocenters. The number of aryl methyl sites for hydroxylation is 1. The minimum absolute atomic E-state index is 0.116. The number of nitrogens with one attached hydrogen (secondary N) is 2. The molecule has 0 aromatic carbocycles. The Morgan fingerprint density at radius 3 is 2.47 bits per heavy atom. The second-order valence-electron chi connectivity index (χ2n) is 8.21. The number of ether oxygens (including phenoxy) is 1. The zero-order valence-electron chi connectivity index (χ0n) is 18.5. The number of urea groups is 1. The lowest BCUT2D eigenvalue weighted by Gasteiger charge is -2.28. The molecule has 2 aromatic heterocycles. The van der Waals surface area contributed by atoms with E-state index in [1.165, 1.54) is 12.0 Å². The highest BCUT2D eigenvalue weighted by Gasteiger charge is 2.26. The average molecular weight is 415 g/mol. The van der Waals surface area contributed by atoms with Crippen LogP contribution in [0.3, 0.4) is 0 Å². The van der Waals surface area contributed by atoms with Crippen molar-refractivity contribution < 1.29 is 19.1 Å². The number of aromatic amines is 1. The number of hydrogen-bond donors (Lipinski definition) is 2. The Morgan fingerprint density at radius 1 is 1.20 bits per heavy atom. The molecule has 0 radical (unpaired) electrons. The van der Waals surface area contributed by atoms with E-state index in [4.69, 9.17) is 4.74 Å². The minimum atomic E-state index is -0.535. The van der Waals surface area contributed by atoms with E-state index < -0.39 is 11.5 Å². The lowest BCUT2D eigenvalue weighted by molar-refractivity contribution is 0.0593. The third kappa shape index (κ3) is 5.92. The van der Waals surface area contributed by atoms with Gasteiger partial charge in [0.25, 0.3) is 0 Å². The summed E-state index contributed by atoms with van der Waals surface area (Å²) in [6.07, 6.45) is 2.21. The summed E-state index contributed by atoms with van der Waals surface area (Å²) in [6, 6.07) is 5.26. The van der Waals surface area contributed by atoms with Gasteiger partial charge in [0.2, 0.25) is 0 Å². The van der Waals surface area contributed by atoms with Gasteiger partial charge in [-0.25, -0.2) is 9.59 Å². The summed E-state index contributed by atoms with van der Waals surface area (Å²) in [5.41, 5.74) is 2.13. The van der Waals surface area contributed by atoms with E-state index in [0.29, 0.717) is 29.8 Å². The van der Waals surface area contributed by atoms with Crippen molar-refractivity contribution in [3.8, 4) is 0 Å². The van der Waals surface area contributed by atoms with E-state index in [1.807, 2.05) is 39.0 Å². The molecule has 0 aliphatic rings. The standard InChI is InChI=1S/C22H30N4O4/c1-14-18(15(2)24-19(14)20(28)30-6)17(27)13-26(21(29)25-22(3,4)5)12-10-16-9-7-8-11-23-16/h7-9,11,24H,10,12-13H2,1-6H3,(H,25,29). The van der Waals surface area contributed by atoms with E-state index in [1.54, 1.807) is 20.0 Å². The van der Waals surface area contributed by atoms with E-state index in [9.17, 15) is 14.4 Å².